The summed E-state index contributed by atoms with van der Waals surface area (Å²) in [7, 11) is 0. The van der Waals surface area contributed by atoms with Crippen LogP contribution in [0.2, 0.25) is 0 Å². The lowest BCUT2D eigenvalue weighted by atomic mass is 10.4. The predicted molar refractivity (Wildman–Crippen MR) is 49.2 cm³/mol. The molecule has 1 aromatic heterocycles. The van der Waals surface area contributed by atoms with Gasteiger partial charge in [0.25, 0.3) is 0 Å². The van der Waals surface area contributed by atoms with E-state index in [4.69, 9.17) is 17.4 Å². The molecule has 0 bridgehead atoms. The number of aromatic nitrogens is 2. The van der Waals surface area contributed by atoms with Crippen LogP contribution in [0.4, 0.5) is 0 Å². The molecule has 0 fully saturated rings. The van der Waals surface area contributed by atoms with E-state index in [1.54, 1.807) is 6.92 Å². The predicted octanol–water partition coefficient (Wildman–Crippen LogP) is 1.70. The van der Waals surface area contributed by atoms with Gasteiger partial charge in [0.1, 0.15) is 0 Å². The highest BCUT2D eigenvalue weighted by Gasteiger charge is 2.00. The van der Waals surface area contributed by atoms with Crippen LogP contribution in [-0.4, -0.2) is 20.5 Å². The van der Waals surface area contributed by atoms with Crippen molar-refractivity contribution in [3.8, 4) is 0 Å². The highest BCUT2D eigenvalue weighted by molar-refractivity contribution is 7.71. The van der Waals surface area contributed by atoms with Gasteiger partial charge in [0.15, 0.2) is 4.77 Å². The van der Waals surface area contributed by atoms with Crippen molar-refractivity contribution in [2.45, 2.75) is 20.4 Å². The minimum Gasteiger partial charge on any atom is -0.411 e. The zero-order valence-corrected chi connectivity index (χ0v) is 7.85. The molecule has 5 heteroatoms. The van der Waals surface area contributed by atoms with E-state index < -0.39 is 0 Å². The number of imidazole rings is 1. The lowest BCUT2D eigenvalue weighted by Gasteiger charge is -2.02. The zero-order valence-electron chi connectivity index (χ0n) is 7.03. The van der Waals surface area contributed by atoms with Crippen molar-refractivity contribution in [2.24, 2.45) is 5.16 Å². The van der Waals surface area contributed by atoms with Crippen LogP contribution in [0.5, 0.6) is 0 Å². The number of nitrogens with one attached hydrogen (secondary N) is 1. The molecule has 0 spiro atoms. The molecule has 0 atom stereocenters. The first-order valence-electron chi connectivity index (χ1n) is 3.57. The maximum absolute atomic E-state index is 8.45. The van der Waals surface area contributed by atoms with Crippen LogP contribution in [0.3, 0.4) is 0 Å². The fourth-order valence-corrected chi connectivity index (χ4v) is 1.21. The Morgan fingerprint density at radius 1 is 1.83 bits per heavy atom. The number of nitrogens with zero attached hydrogens (tertiary/aromatic N) is 2. The average Bonchev–Trinajstić information content (AvgIpc) is 2.35. The van der Waals surface area contributed by atoms with Crippen molar-refractivity contribution in [1.82, 2.24) is 9.55 Å². The van der Waals surface area contributed by atoms with Crippen LogP contribution in [-0.2, 0) is 6.54 Å². The second kappa shape index (κ2) is 3.53. The van der Waals surface area contributed by atoms with Crippen molar-refractivity contribution in [3.05, 3.63) is 16.7 Å². The molecule has 0 amide bonds. The van der Waals surface area contributed by atoms with Crippen molar-refractivity contribution in [1.29, 1.82) is 0 Å². The summed E-state index contributed by atoms with van der Waals surface area (Å²) in [5.41, 5.74) is 1.66. The molecule has 2 N–H and O–H groups in total. The van der Waals surface area contributed by atoms with Crippen LogP contribution in [0.25, 0.3) is 0 Å². The molecule has 0 aliphatic heterocycles. The average molecular weight is 185 g/mol. The van der Waals surface area contributed by atoms with Crippen molar-refractivity contribution < 1.29 is 5.21 Å². The summed E-state index contributed by atoms with van der Waals surface area (Å²) in [6.07, 6.45) is 1.83. The van der Waals surface area contributed by atoms with Gasteiger partial charge in [-0.2, -0.15) is 0 Å². The summed E-state index contributed by atoms with van der Waals surface area (Å²) in [4.78, 5) is 2.91. The minimum atomic E-state index is 0.532. The van der Waals surface area contributed by atoms with Crippen molar-refractivity contribution in [3.63, 3.8) is 0 Å². The Balaban J connectivity index is 2.96. The van der Waals surface area contributed by atoms with Gasteiger partial charge >= 0.3 is 0 Å². The molecule has 0 aliphatic rings. The third-order valence-electron chi connectivity index (χ3n) is 1.63. The number of hydrogen-bond acceptors (Lipinski definition) is 3. The van der Waals surface area contributed by atoms with Gasteiger partial charge in [-0.15, -0.1) is 0 Å². The number of hydrogen-bond donors (Lipinski definition) is 2. The van der Waals surface area contributed by atoms with Gasteiger partial charge in [0.2, 0.25) is 0 Å². The lowest BCUT2D eigenvalue weighted by molar-refractivity contribution is 0.316. The normalized spacial score (nSPS) is 12.0. The van der Waals surface area contributed by atoms with E-state index in [0.717, 1.165) is 5.69 Å². The Labute approximate surface area is 75.5 Å². The van der Waals surface area contributed by atoms with E-state index in [0.29, 0.717) is 17.0 Å². The highest BCUT2D eigenvalue weighted by Crippen LogP contribution is 1.99. The lowest BCUT2D eigenvalue weighted by Crippen LogP contribution is -2.08. The van der Waals surface area contributed by atoms with Crippen molar-refractivity contribution in [2.75, 3.05) is 0 Å². The SMILES string of the molecule is C/C(Cn1c(C)c[nH]c1=S)=N\O. The molecule has 1 rings (SSSR count). The fourth-order valence-electron chi connectivity index (χ4n) is 0.939. The number of rotatable bonds is 2. The van der Waals surface area contributed by atoms with Crippen LogP contribution in [0, 0.1) is 11.7 Å². The molecule has 0 aliphatic carbocycles. The maximum atomic E-state index is 8.45. The summed E-state index contributed by atoms with van der Waals surface area (Å²) in [5.74, 6) is 0. The van der Waals surface area contributed by atoms with Crippen LogP contribution in [0.1, 0.15) is 12.6 Å². The monoisotopic (exact) mass is 185 g/mol. The molecular weight excluding hydrogens is 174 g/mol. The number of aryl methyl sites for hydroxylation is 1. The molecule has 66 valence electrons. The second-order valence-electron chi connectivity index (χ2n) is 2.66. The standard InChI is InChI=1S/C7H11N3OS/c1-5(9-11)4-10-6(2)3-8-7(10)12/h3,11H,4H2,1-2H3,(H,8,12)/b9-5+. The van der Waals surface area contributed by atoms with Crippen molar-refractivity contribution >= 4 is 17.9 Å². The third-order valence-corrected chi connectivity index (χ3v) is 1.97. The molecule has 0 saturated heterocycles. The first kappa shape index (κ1) is 8.99. The quantitative estimate of drug-likeness (QED) is 0.319. The van der Waals surface area contributed by atoms with Crippen LogP contribution < -0.4 is 0 Å². The number of H-pyrrole nitrogens is 1. The van der Waals surface area contributed by atoms with Crippen LogP contribution in [0.15, 0.2) is 11.4 Å². The Bertz CT molecular complexity index is 350. The smallest absolute Gasteiger partial charge is 0.177 e. The molecule has 0 unspecified atom stereocenters. The van der Waals surface area contributed by atoms with E-state index in [1.807, 2.05) is 17.7 Å². The highest BCUT2D eigenvalue weighted by atomic mass is 32.1. The van der Waals surface area contributed by atoms with E-state index in [-0.39, 0.29) is 0 Å². The van der Waals surface area contributed by atoms with Gasteiger partial charge in [0.05, 0.1) is 12.3 Å². The summed E-state index contributed by atoms with van der Waals surface area (Å²) in [6, 6.07) is 0. The Morgan fingerprint density at radius 3 is 2.92 bits per heavy atom. The molecule has 4 nitrogen and oxygen atoms in total. The van der Waals surface area contributed by atoms with E-state index in [1.165, 1.54) is 0 Å². The van der Waals surface area contributed by atoms with Gasteiger partial charge in [0, 0.05) is 11.9 Å². The van der Waals surface area contributed by atoms with E-state index in [9.17, 15) is 0 Å². The van der Waals surface area contributed by atoms with Gasteiger partial charge in [-0.25, -0.2) is 0 Å². The van der Waals surface area contributed by atoms with Crippen LogP contribution >= 0.6 is 12.2 Å². The summed E-state index contributed by atoms with van der Waals surface area (Å²) >= 11 is 5.01. The molecule has 1 aromatic rings. The van der Waals surface area contributed by atoms with E-state index >= 15 is 0 Å². The molecule has 0 radical (unpaired) electrons. The third kappa shape index (κ3) is 1.73. The summed E-state index contributed by atoms with van der Waals surface area (Å²) < 4.78 is 2.51. The Kier molecular flexibility index (Phi) is 2.65. The molecule has 0 aromatic carbocycles. The maximum Gasteiger partial charge on any atom is 0.177 e. The van der Waals surface area contributed by atoms with Gasteiger partial charge in [-0.3, -0.25) is 0 Å². The van der Waals surface area contributed by atoms with E-state index in [2.05, 4.69) is 10.1 Å². The summed E-state index contributed by atoms with van der Waals surface area (Å²) in [5, 5.41) is 11.5. The molecule has 1 heterocycles. The van der Waals surface area contributed by atoms with Gasteiger partial charge < -0.3 is 14.8 Å². The summed E-state index contributed by atoms with van der Waals surface area (Å²) in [6.45, 7) is 4.22. The molecule has 12 heavy (non-hydrogen) atoms. The largest absolute Gasteiger partial charge is 0.411 e. The minimum absolute atomic E-state index is 0.532. The van der Waals surface area contributed by atoms with Gasteiger partial charge in [-0.1, -0.05) is 5.16 Å². The first-order chi connectivity index (χ1) is 5.65. The molecule has 0 saturated carbocycles. The Morgan fingerprint density at radius 2 is 2.50 bits per heavy atom. The number of oxime groups is 1. The molecular formula is C7H11N3OS. The first-order valence-corrected chi connectivity index (χ1v) is 3.98. The zero-order chi connectivity index (χ0) is 9.14. The Hall–Kier alpha value is -1.10. The topological polar surface area (TPSA) is 53.3 Å². The van der Waals surface area contributed by atoms with Gasteiger partial charge in [-0.05, 0) is 26.1 Å². The number of aromatic amines is 1. The fraction of sp³-hybridized carbons (Fsp3) is 0.429. The second-order valence-corrected chi connectivity index (χ2v) is 3.04.